The number of carboxylic acid groups (broad SMARTS) is 2. The Balaban J connectivity index is 0.000000176. The Kier molecular flexibility index (Phi) is 6.74. The van der Waals surface area contributed by atoms with Crippen LogP contribution in [0.1, 0.15) is 16.7 Å². The number of para-hydroxylation sites is 1. The van der Waals surface area contributed by atoms with Gasteiger partial charge in [-0.2, -0.15) is 0 Å². The molecule has 8 nitrogen and oxygen atoms in total. The van der Waals surface area contributed by atoms with Crippen LogP contribution in [0.2, 0.25) is 0 Å². The monoisotopic (exact) mass is 422 g/mol. The minimum Gasteiger partial charge on any atom is -0.480 e. The van der Waals surface area contributed by atoms with Crippen LogP contribution in [0.4, 0.5) is 0 Å². The third-order valence-corrected chi connectivity index (χ3v) is 5.11. The molecule has 0 radical (unpaired) electrons. The van der Waals surface area contributed by atoms with Gasteiger partial charge in [0.25, 0.3) is 0 Å². The van der Waals surface area contributed by atoms with E-state index in [4.69, 9.17) is 21.7 Å². The number of aryl methyl sites for hydroxylation is 1. The van der Waals surface area contributed by atoms with Gasteiger partial charge in [-0.05, 0) is 36.2 Å². The number of H-pyrrole nitrogens is 2. The second kappa shape index (κ2) is 9.46. The maximum absolute atomic E-state index is 10.7. The van der Waals surface area contributed by atoms with E-state index in [-0.39, 0.29) is 0 Å². The molecule has 2 aromatic heterocycles. The molecule has 0 amide bonds. The summed E-state index contributed by atoms with van der Waals surface area (Å²) in [5.74, 6) is -1.94. The fourth-order valence-corrected chi connectivity index (χ4v) is 3.41. The van der Waals surface area contributed by atoms with Crippen molar-refractivity contribution < 1.29 is 19.8 Å². The minimum absolute atomic E-state index is 0.346. The van der Waals surface area contributed by atoms with E-state index in [0.717, 1.165) is 38.5 Å². The third kappa shape index (κ3) is 5.30. The Hall–Kier alpha value is -3.62. The number of aromatic nitrogens is 2. The van der Waals surface area contributed by atoms with Gasteiger partial charge in [-0.25, -0.2) is 0 Å². The lowest BCUT2D eigenvalue weighted by Gasteiger charge is -2.05. The van der Waals surface area contributed by atoms with Crippen LogP contribution in [-0.4, -0.2) is 44.2 Å². The fraction of sp³-hybridized carbons (Fsp3) is 0.217. The molecule has 0 aliphatic rings. The van der Waals surface area contributed by atoms with Crippen LogP contribution in [0, 0.1) is 6.92 Å². The molecule has 8 heteroatoms. The van der Waals surface area contributed by atoms with E-state index in [1.807, 2.05) is 61.8 Å². The van der Waals surface area contributed by atoms with Crippen molar-refractivity contribution >= 4 is 33.7 Å². The van der Waals surface area contributed by atoms with Crippen molar-refractivity contribution in [1.29, 1.82) is 0 Å². The SMILES string of the molecule is Cc1ccc2[nH]cc(C[C@@H](N)C(=O)O)c2c1.N[C@H](Cc1c[nH]c2ccccc12)C(=O)O. The summed E-state index contributed by atoms with van der Waals surface area (Å²) in [6.07, 6.45) is 4.33. The number of aromatic amines is 2. The third-order valence-electron chi connectivity index (χ3n) is 5.11. The van der Waals surface area contributed by atoms with Crippen molar-refractivity contribution in [1.82, 2.24) is 9.97 Å². The second-order valence-electron chi connectivity index (χ2n) is 7.52. The zero-order valence-electron chi connectivity index (χ0n) is 17.1. The highest BCUT2D eigenvalue weighted by Crippen LogP contribution is 2.21. The summed E-state index contributed by atoms with van der Waals surface area (Å²) in [4.78, 5) is 27.5. The van der Waals surface area contributed by atoms with Crippen LogP contribution in [-0.2, 0) is 22.4 Å². The Morgan fingerprint density at radius 2 is 1.35 bits per heavy atom. The van der Waals surface area contributed by atoms with Crippen molar-refractivity contribution in [3.8, 4) is 0 Å². The molecule has 162 valence electrons. The summed E-state index contributed by atoms with van der Waals surface area (Å²) in [5, 5.41) is 19.6. The van der Waals surface area contributed by atoms with Crippen molar-refractivity contribution in [2.45, 2.75) is 31.8 Å². The molecule has 0 saturated heterocycles. The van der Waals surface area contributed by atoms with Gasteiger partial charge in [0.1, 0.15) is 12.1 Å². The van der Waals surface area contributed by atoms with Gasteiger partial charge in [-0.15, -0.1) is 0 Å². The smallest absolute Gasteiger partial charge is 0.320 e. The van der Waals surface area contributed by atoms with Crippen LogP contribution in [0.3, 0.4) is 0 Å². The van der Waals surface area contributed by atoms with Gasteiger partial charge in [0.2, 0.25) is 0 Å². The number of carboxylic acids is 2. The lowest BCUT2D eigenvalue weighted by Crippen LogP contribution is -2.32. The predicted octanol–water partition coefficient (Wildman–Crippen LogP) is 2.55. The van der Waals surface area contributed by atoms with E-state index in [9.17, 15) is 9.59 Å². The fourth-order valence-electron chi connectivity index (χ4n) is 3.41. The molecular formula is C23H26N4O4. The Morgan fingerprint density at radius 3 is 1.94 bits per heavy atom. The first-order valence-corrected chi connectivity index (χ1v) is 9.84. The minimum atomic E-state index is -0.972. The second-order valence-corrected chi connectivity index (χ2v) is 7.52. The molecular weight excluding hydrogens is 396 g/mol. The van der Waals surface area contributed by atoms with Gasteiger partial charge < -0.3 is 31.6 Å². The first kappa shape index (κ1) is 22.1. The summed E-state index contributed by atoms with van der Waals surface area (Å²) in [6.45, 7) is 2.01. The number of hydrogen-bond donors (Lipinski definition) is 6. The van der Waals surface area contributed by atoms with Crippen LogP contribution < -0.4 is 11.5 Å². The van der Waals surface area contributed by atoms with Crippen molar-refractivity contribution in [2.24, 2.45) is 11.5 Å². The predicted molar refractivity (Wildman–Crippen MR) is 120 cm³/mol. The van der Waals surface area contributed by atoms with E-state index in [2.05, 4.69) is 9.97 Å². The van der Waals surface area contributed by atoms with Gasteiger partial charge in [0, 0.05) is 47.0 Å². The maximum atomic E-state index is 10.7. The van der Waals surface area contributed by atoms with Crippen molar-refractivity contribution in [3.05, 3.63) is 71.5 Å². The molecule has 0 unspecified atom stereocenters. The Morgan fingerprint density at radius 1 is 0.839 bits per heavy atom. The van der Waals surface area contributed by atoms with Crippen LogP contribution in [0.15, 0.2) is 54.9 Å². The molecule has 0 saturated carbocycles. The molecule has 31 heavy (non-hydrogen) atoms. The summed E-state index contributed by atoms with van der Waals surface area (Å²) < 4.78 is 0. The molecule has 4 aromatic rings. The number of carbonyl (C=O) groups is 2. The van der Waals surface area contributed by atoms with Crippen molar-refractivity contribution in [2.75, 3.05) is 0 Å². The molecule has 0 spiro atoms. The molecule has 4 rings (SSSR count). The number of benzene rings is 2. The van der Waals surface area contributed by atoms with E-state index in [1.165, 1.54) is 0 Å². The molecule has 0 fully saturated rings. The summed E-state index contributed by atoms with van der Waals surface area (Å²) in [7, 11) is 0. The normalized spacial score (nSPS) is 12.9. The van der Waals surface area contributed by atoms with Crippen LogP contribution in [0.25, 0.3) is 21.8 Å². The van der Waals surface area contributed by atoms with Gasteiger partial charge in [0.15, 0.2) is 0 Å². The number of fused-ring (bicyclic) bond motifs is 2. The quantitative estimate of drug-likeness (QED) is 0.280. The Labute approximate surface area is 178 Å². The highest BCUT2D eigenvalue weighted by atomic mass is 16.4. The van der Waals surface area contributed by atoms with E-state index < -0.39 is 24.0 Å². The lowest BCUT2D eigenvalue weighted by atomic mass is 10.0. The molecule has 0 bridgehead atoms. The lowest BCUT2D eigenvalue weighted by molar-refractivity contribution is -0.139. The number of hydrogen-bond acceptors (Lipinski definition) is 4. The molecule has 2 heterocycles. The molecule has 0 aliphatic carbocycles. The first-order valence-electron chi connectivity index (χ1n) is 9.84. The molecule has 2 atom stereocenters. The zero-order valence-corrected chi connectivity index (χ0v) is 17.1. The van der Waals surface area contributed by atoms with E-state index in [0.29, 0.717) is 12.8 Å². The molecule has 0 aliphatic heterocycles. The van der Waals surface area contributed by atoms with E-state index >= 15 is 0 Å². The van der Waals surface area contributed by atoms with Crippen LogP contribution in [0.5, 0.6) is 0 Å². The van der Waals surface area contributed by atoms with Gasteiger partial charge in [-0.3, -0.25) is 9.59 Å². The van der Waals surface area contributed by atoms with Crippen molar-refractivity contribution in [3.63, 3.8) is 0 Å². The number of rotatable bonds is 6. The average Bonchev–Trinajstić information content (AvgIpc) is 3.32. The zero-order chi connectivity index (χ0) is 22.5. The number of nitrogens with one attached hydrogen (secondary N) is 2. The first-order chi connectivity index (χ1) is 14.8. The van der Waals surface area contributed by atoms with Crippen LogP contribution >= 0.6 is 0 Å². The highest BCUT2D eigenvalue weighted by Gasteiger charge is 2.15. The van der Waals surface area contributed by atoms with E-state index in [1.54, 1.807) is 0 Å². The van der Waals surface area contributed by atoms with Gasteiger partial charge in [0.05, 0.1) is 0 Å². The number of nitrogens with two attached hydrogens (primary N) is 2. The largest absolute Gasteiger partial charge is 0.480 e. The standard InChI is InChI=1S/C12H14N2O2.C11H12N2O2/c1-7-2-3-11-9(4-7)8(6-14-11)5-10(13)12(15)16;12-9(11(14)15)5-7-6-13-10-4-2-1-3-8(7)10/h2-4,6,10,14H,5,13H2,1H3,(H,15,16);1-4,6,9,13H,5,12H2,(H,14,15)/t10-;9-/m11/s1. The van der Waals surface area contributed by atoms with Gasteiger partial charge >= 0.3 is 11.9 Å². The summed E-state index contributed by atoms with van der Waals surface area (Å²) in [5.41, 5.74) is 16.1. The van der Waals surface area contributed by atoms with Gasteiger partial charge in [-0.1, -0.05) is 29.8 Å². The highest BCUT2D eigenvalue weighted by molar-refractivity contribution is 5.85. The maximum Gasteiger partial charge on any atom is 0.320 e. The summed E-state index contributed by atoms with van der Waals surface area (Å²) >= 11 is 0. The average molecular weight is 422 g/mol. The number of aliphatic carboxylic acids is 2. The molecule has 2 aromatic carbocycles. The molecule has 8 N–H and O–H groups in total. The topological polar surface area (TPSA) is 158 Å². The Bertz CT molecular complexity index is 1210. The summed E-state index contributed by atoms with van der Waals surface area (Å²) in [6, 6.07) is 12.1.